The molecule has 0 aliphatic heterocycles. The van der Waals surface area contributed by atoms with Crippen molar-refractivity contribution in [3.63, 3.8) is 0 Å². The van der Waals surface area contributed by atoms with Gasteiger partial charge in [0.1, 0.15) is 0 Å². The summed E-state index contributed by atoms with van der Waals surface area (Å²) in [5, 5.41) is 1.69. The number of aryl methyl sites for hydroxylation is 2. The van der Waals surface area contributed by atoms with Gasteiger partial charge in [-0.25, -0.2) is 0 Å². The van der Waals surface area contributed by atoms with Crippen LogP contribution in [-0.2, 0) is 10.1 Å². The highest BCUT2D eigenvalue weighted by atomic mass is 32.2. The Hall–Kier alpha value is -3.49. The van der Waals surface area contributed by atoms with Crippen LogP contribution in [0.15, 0.2) is 56.9 Å². The molecule has 0 aliphatic rings. The van der Waals surface area contributed by atoms with Crippen molar-refractivity contribution in [3.05, 3.63) is 74.0 Å². The van der Waals surface area contributed by atoms with Crippen LogP contribution in [0.2, 0.25) is 0 Å². The number of nitrogens with one attached hydrogen (secondary N) is 2. The molecule has 30 heavy (non-hydrogen) atoms. The van der Waals surface area contributed by atoms with Gasteiger partial charge in [-0.3, -0.25) is 14.1 Å². The van der Waals surface area contributed by atoms with E-state index < -0.39 is 10.1 Å². The molecule has 7 nitrogen and oxygen atoms in total. The van der Waals surface area contributed by atoms with Gasteiger partial charge in [0.25, 0.3) is 10.1 Å². The second-order valence-electron chi connectivity index (χ2n) is 7.49. The highest BCUT2D eigenvalue weighted by molar-refractivity contribution is 7.85. The molecule has 0 unspecified atom stereocenters. The fourth-order valence-corrected chi connectivity index (χ4v) is 4.56. The Morgan fingerprint density at radius 3 is 2.27 bits per heavy atom. The molecule has 0 spiro atoms. The molecule has 2 aromatic heterocycles. The van der Waals surface area contributed by atoms with Crippen molar-refractivity contribution in [1.82, 2.24) is 9.97 Å². The van der Waals surface area contributed by atoms with Crippen LogP contribution in [-0.4, -0.2) is 22.9 Å². The summed E-state index contributed by atoms with van der Waals surface area (Å²) in [5.41, 5.74) is 3.10. The van der Waals surface area contributed by atoms with Gasteiger partial charge in [-0.2, -0.15) is 8.42 Å². The van der Waals surface area contributed by atoms with Crippen LogP contribution in [0.1, 0.15) is 11.1 Å². The van der Waals surface area contributed by atoms with E-state index in [4.69, 9.17) is 0 Å². The number of aromatic nitrogens is 2. The monoisotopic (exact) mass is 420 g/mol. The number of H-pyrrole nitrogens is 2. The van der Waals surface area contributed by atoms with E-state index in [1.807, 2.05) is 25.1 Å². The zero-order chi connectivity index (χ0) is 21.4. The zero-order valence-corrected chi connectivity index (χ0v) is 16.8. The molecule has 8 heteroatoms. The van der Waals surface area contributed by atoms with Crippen LogP contribution in [0.5, 0.6) is 0 Å². The van der Waals surface area contributed by atoms with Crippen molar-refractivity contribution >= 4 is 53.7 Å². The molecule has 0 saturated carbocycles. The lowest BCUT2D eigenvalue weighted by Crippen LogP contribution is -2.11. The van der Waals surface area contributed by atoms with E-state index in [-0.39, 0.29) is 26.7 Å². The van der Waals surface area contributed by atoms with Gasteiger partial charge in [0.15, 0.2) is 10.9 Å². The first-order valence-electron chi connectivity index (χ1n) is 9.18. The molecule has 150 valence electrons. The standard InChI is InChI=1S/C22H16N2O5S/c1-10-3-6-16-14(7-10)21(25)15-9-18-19(11(2)20(15)24-16)22(26)13-5-4-12(30(27,28)29)8-17(13)23-18/h3-9H,1-2H3,(H,23,26)(H,24,25)(H,27,28,29). The maximum Gasteiger partial charge on any atom is 0.294 e. The number of rotatable bonds is 1. The number of benzene rings is 3. The molecule has 3 N–H and O–H groups in total. The van der Waals surface area contributed by atoms with Gasteiger partial charge in [-0.15, -0.1) is 0 Å². The van der Waals surface area contributed by atoms with E-state index in [2.05, 4.69) is 9.97 Å². The van der Waals surface area contributed by atoms with Gasteiger partial charge in [0, 0.05) is 21.7 Å². The van der Waals surface area contributed by atoms with Crippen molar-refractivity contribution in [2.75, 3.05) is 0 Å². The summed E-state index contributed by atoms with van der Waals surface area (Å²) in [6, 6.07) is 10.9. The lowest BCUT2D eigenvalue weighted by atomic mass is 10.00. The van der Waals surface area contributed by atoms with Gasteiger partial charge in [-0.05, 0) is 55.8 Å². The van der Waals surface area contributed by atoms with Crippen LogP contribution < -0.4 is 10.9 Å². The molecule has 0 amide bonds. The van der Waals surface area contributed by atoms with E-state index in [0.717, 1.165) is 5.56 Å². The first-order chi connectivity index (χ1) is 14.1. The molecular formula is C22H16N2O5S. The molecule has 0 aliphatic carbocycles. The first kappa shape index (κ1) is 18.5. The highest BCUT2D eigenvalue weighted by Gasteiger charge is 2.17. The van der Waals surface area contributed by atoms with Crippen molar-refractivity contribution in [2.45, 2.75) is 18.7 Å². The molecule has 5 aromatic rings. The third-order valence-electron chi connectivity index (χ3n) is 5.53. The second-order valence-corrected chi connectivity index (χ2v) is 8.91. The number of hydrogen-bond acceptors (Lipinski definition) is 4. The normalized spacial score (nSPS) is 12.4. The molecule has 0 radical (unpaired) electrons. The zero-order valence-electron chi connectivity index (χ0n) is 16.0. The van der Waals surface area contributed by atoms with E-state index in [0.29, 0.717) is 38.3 Å². The largest absolute Gasteiger partial charge is 0.354 e. The van der Waals surface area contributed by atoms with Gasteiger partial charge in [0.05, 0.1) is 26.8 Å². The summed E-state index contributed by atoms with van der Waals surface area (Å²) < 4.78 is 32.2. The highest BCUT2D eigenvalue weighted by Crippen LogP contribution is 2.26. The number of pyridine rings is 2. The average molecular weight is 420 g/mol. The third kappa shape index (κ3) is 2.58. The second kappa shape index (κ2) is 6.01. The van der Waals surface area contributed by atoms with E-state index in [1.54, 1.807) is 13.0 Å². The molecule has 0 atom stereocenters. The van der Waals surface area contributed by atoms with Crippen LogP contribution in [0.25, 0.3) is 43.6 Å². The van der Waals surface area contributed by atoms with Crippen LogP contribution in [0, 0.1) is 13.8 Å². The fraction of sp³-hybridized carbons (Fsp3) is 0.0909. The van der Waals surface area contributed by atoms with Crippen molar-refractivity contribution in [2.24, 2.45) is 0 Å². The lowest BCUT2D eigenvalue weighted by Gasteiger charge is -2.11. The van der Waals surface area contributed by atoms with Crippen LogP contribution in [0.3, 0.4) is 0 Å². The Morgan fingerprint density at radius 2 is 1.53 bits per heavy atom. The Morgan fingerprint density at radius 1 is 0.767 bits per heavy atom. The Kier molecular flexibility index (Phi) is 3.71. The maximum absolute atomic E-state index is 13.2. The SMILES string of the molecule is Cc1ccc2[nH]c3c(C)c4c(=O)c5ccc(S(=O)(=O)O)cc5[nH]c4cc3c(=O)c2c1. The fourth-order valence-electron chi connectivity index (χ4n) is 4.05. The Labute approximate surface area is 169 Å². The summed E-state index contributed by atoms with van der Waals surface area (Å²) in [6.45, 7) is 3.68. The minimum absolute atomic E-state index is 0.153. The van der Waals surface area contributed by atoms with Crippen molar-refractivity contribution in [3.8, 4) is 0 Å². The summed E-state index contributed by atoms with van der Waals surface area (Å²) in [7, 11) is -4.42. The minimum Gasteiger partial charge on any atom is -0.354 e. The topological polar surface area (TPSA) is 120 Å². The molecule has 0 fully saturated rings. The van der Waals surface area contributed by atoms with Gasteiger partial charge < -0.3 is 9.97 Å². The summed E-state index contributed by atoms with van der Waals surface area (Å²) in [4.78, 5) is 32.3. The number of aromatic amines is 2. The quantitative estimate of drug-likeness (QED) is 0.283. The van der Waals surface area contributed by atoms with Gasteiger partial charge >= 0.3 is 0 Å². The minimum atomic E-state index is -4.42. The lowest BCUT2D eigenvalue weighted by molar-refractivity contribution is 0.483. The van der Waals surface area contributed by atoms with E-state index in [1.165, 1.54) is 18.2 Å². The predicted molar refractivity (Wildman–Crippen MR) is 117 cm³/mol. The number of hydrogen-bond donors (Lipinski definition) is 3. The van der Waals surface area contributed by atoms with E-state index >= 15 is 0 Å². The third-order valence-corrected chi connectivity index (χ3v) is 6.38. The summed E-state index contributed by atoms with van der Waals surface area (Å²) in [6.07, 6.45) is 0. The number of fused-ring (bicyclic) bond motifs is 4. The van der Waals surface area contributed by atoms with Crippen LogP contribution >= 0.6 is 0 Å². The van der Waals surface area contributed by atoms with Gasteiger partial charge in [0.2, 0.25) is 0 Å². The Balaban J connectivity index is 1.99. The molecule has 5 rings (SSSR count). The molecule has 3 aromatic carbocycles. The molecular weight excluding hydrogens is 404 g/mol. The Bertz CT molecular complexity index is 1780. The van der Waals surface area contributed by atoms with Crippen LogP contribution in [0.4, 0.5) is 0 Å². The predicted octanol–water partition coefficient (Wildman–Crippen LogP) is 3.54. The molecule has 0 saturated heterocycles. The van der Waals surface area contributed by atoms with Gasteiger partial charge in [-0.1, -0.05) is 11.6 Å². The first-order valence-corrected chi connectivity index (χ1v) is 10.6. The van der Waals surface area contributed by atoms with Crippen molar-refractivity contribution < 1.29 is 13.0 Å². The molecule has 2 heterocycles. The summed E-state index contributed by atoms with van der Waals surface area (Å²) >= 11 is 0. The maximum atomic E-state index is 13.2. The summed E-state index contributed by atoms with van der Waals surface area (Å²) in [5.74, 6) is 0. The average Bonchev–Trinajstić information content (AvgIpc) is 2.68. The van der Waals surface area contributed by atoms with Crippen molar-refractivity contribution in [1.29, 1.82) is 0 Å². The smallest absolute Gasteiger partial charge is 0.294 e. The van der Waals surface area contributed by atoms with E-state index in [9.17, 15) is 22.6 Å². The molecule has 0 bridgehead atoms.